The minimum Gasteiger partial charge on any atom is -0.493 e. The first kappa shape index (κ1) is 26.9. The molecule has 0 bridgehead atoms. The van der Waals surface area contributed by atoms with Crippen LogP contribution in [0.5, 0.6) is 5.75 Å². The van der Waals surface area contributed by atoms with Gasteiger partial charge in [0.25, 0.3) is 0 Å². The van der Waals surface area contributed by atoms with Crippen molar-refractivity contribution in [1.82, 2.24) is 14.9 Å². The molecule has 1 aliphatic heterocycles. The van der Waals surface area contributed by atoms with Crippen LogP contribution in [0.15, 0.2) is 67.0 Å². The van der Waals surface area contributed by atoms with Crippen LogP contribution in [0.3, 0.4) is 0 Å². The first-order chi connectivity index (χ1) is 17.4. The highest BCUT2D eigenvalue weighted by Gasteiger charge is 2.19. The van der Waals surface area contributed by atoms with Gasteiger partial charge in [-0.05, 0) is 41.8 Å². The van der Waals surface area contributed by atoms with E-state index in [2.05, 4.69) is 44.0 Å². The number of ether oxygens (including phenoxy) is 1. The van der Waals surface area contributed by atoms with Crippen LogP contribution in [0.25, 0.3) is 0 Å². The summed E-state index contributed by atoms with van der Waals surface area (Å²) < 4.78 is 6.11. The average Bonchev–Trinajstić information content (AvgIpc) is 2.90. The number of hydrogen-bond donors (Lipinski definition) is 2. The minimum absolute atomic E-state index is 0.661. The van der Waals surface area contributed by atoms with Crippen molar-refractivity contribution in [2.24, 2.45) is 0 Å². The summed E-state index contributed by atoms with van der Waals surface area (Å²) in [5, 5.41) is 15.5. The molecule has 36 heavy (non-hydrogen) atoms. The van der Waals surface area contributed by atoms with Gasteiger partial charge in [-0.2, -0.15) is 0 Å². The number of aliphatic carboxylic acids is 2. The number of anilines is 1. The summed E-state index contributed by atoms with van der Waals surface area (Å²) in [4.78, 5) is 31.6. The number of rotatable bonds is 8. The number of nitrogens with zero attached hydrogens (tertiary/aromatic N) is 4. The largest absolute Gasteiger partial charge is 0.493 e. The highest BCUT2D eigenvalue weighted by Crippen LogP contribution is 2.24. The second-order valence-electron chi connectivity index (χ2n) is 8.07. The number of benzene rings is 2. The zero-order valence-corrected chi connectivity index (χ0v) is 20.5. The molecular weight excluding hydrogens is 484 g/mol. The molecule has 0 spiro atoms. The van der Waals surface area contributed by atoms with Crippen molar-refractivity contribution in [3.63, 3.8) is 0 Å². The summed E-state index contributed by atoms with van der Waals surface area (Å²) in [6.45, 7) is 5.54. The molecule has 1 aromatic heterocycles. The minimum atomic E-state index is -1.82. The first-order valence-corrected chi connectivity index (χ1v) is 12.0. The molecule has 2 N–H and O–H groups in total. The third kappa shape index (κ3) is 8.83. The molecule has 10 heteroatoms. The smallest absolute Gasteiger partial charge is 0.414 e. The number of carboxylic acids is 2. The molecular formula is C26H29ClN4O5. The monoisotopic (exact) mass is 512 g/mol. The maximum absolute atomic E-state index is 9.10. The van der Waals surface area contributed by atoms with Crippen molar-refractivity contribution >= 4 is 29.5 Å². The Bertz CT molecular complexity index is 1100. The molecule has 0 saturated carbocycles. The van der Waals surface area contributed by atoms with E-state index in [1.165, 1.54) is 11.1 Å². The first-order valence-electron chi connectivity index (χ1n) is 11.6. The predicted molar refractivity (Wildman–Crippen MR) is 137 cm³/mol. The SMILES string of the molecule is Clc1ccc(OCCc2ccccc2)c(CCN2CCN(c3ncccn3)CC2)c1.O=C(O)C(=O)O. The van der Waals surface area contributed by atoms with Crippen LogP contribution in [-0.2, 0) is 22.4 Å². The van der Waals surface area contributed by atoms with E-state index in [0.29, 0.717) is 6.61 Å². The Morgan fingerprint density at radius 3 is 2.19 bits per heavy atom. The number of carboxylic acid groups (broad SMARTS) is 2. The maximum Gasteiger partial charge on any atom is 0.414 e. The number of aromatic nitrogens is 2. The van der Waals surface area contributed by atoms with Gasteiger partial charge in [-0.25, -0.2) is 19.6 Å². The zero-order chi connectivity index (χ0) is 25.8. The van der Waals surface area contributed by atoms with Gasteiger partial charge >= 0.3 is 11.9 Å². The molecule has 3 aromatic rings. The lowest BCUT2D eigenvalue weighted by atomic mass is 10.1. The van der Waals surface area contributed by atoms with Crippen LogP contribution in [0.4, 0.5) is 5.95 Å². The second kappa shape index (κ2) is 14.0. The standard InChI is InChI=1S/C24H27ClN4O.C2H2O4/c25-22-7-8-23(30-18-10-20-5-2-1-3-6-20)21(19-22)9-13-28-14-16-29(17-15-28)24-26-11-4-12-27-24;3-1(4)2(5)6/h1-8,11-12,19H,9-10,13-18H2;(H,3,4)(H,5,6). The number of hydrogen-bond acceptors (Lipinski definition) is 7. The van der Waals surface area contributed by atoms with Crippen LogP contribution < -0.4 is 9.64 Å². The normalized spacial score (nSPS) is 13.4. The van der Waals surface area contributed by atoms with Gasteiger partial charge in [-0.15, -0.1) is 0 Å². The van der Waals surface area contributed by atoms with Crippen LogP contribution >= 0.6 is 11.6 Å². The molecule has 190 valence electrons. The molecule has 2 aromatic carbocycles. The van der Waals surface area contributed by atoms with E-state index < -0.39 is 11.9 Å². The Kier molecular flexibility index (Phi) is 10.5. The van der Waals surface area contributed by atoms with Gasteiger partial charge < -0.3 is 19.8 Å². The molecule has 1 fully saturated rings. The van der Waals surface area contributed by atoms with Gasteiger partial charge in [0.2, 0.25) is 5.95 Å². The van der Waals surface area contributed by atoms with E-state index in [-0.39, 0.29) is 0 Å². The molecule has 0 unspecified atom stereocenters. The fourth-order valence-electron chi connectivity index (χ4n) is 3.71. The van der Waals surface area contributed by atoms with E-state index in [9.17, 15) is 0 Å². The summed E-state index contributed by atoms with van der Waals surface area (Å²) in [6.07, 6.45) is 5.41. The molecule has 0 amide bonds. The van der Waals surface area contributed by atoms with Gasteiger partial charge in [0.1, 0.15) is 5.75 Å². The third-order valence-corrected chi connectivity index (χ3v) is 5.84. The lowest BCUT2D eigenvalue weighted by Crippen LogP contribution is -2.47. The third-order valence-electron chi connectivity index (χ3n) is 5.60. The maximum atomic E-state index is 9.10. The van der Waals surface area contributed by atoms with E-state index in [0.717, 1.165) is 62.3 Å². The van der Waals surface area contributed by atoms with E-state index in [1.54, 1.807) is 12.4 Å². The van der Waals surface area contributed by atoms with Gasteiger partial charge in [0.15, 0.2) is 0 Å². The van der Waals surface area contributed by atoms with Crippen molar-refractivity contribution < 1.29 is 24.5 Å². The van der Waals surface area contributed by atoms with Crippen molar-refractivity contribution in [2.45, 2.75) is 12.8 Å². The van der Waals surface area contributed by atoms with Crippen LogP contribution in [-0.4, -0.2) is 76.4 Å². The molecule has 0 atom stereocenters. The Morgan fingerprint density at radius 1 is 0.889 bits per heavy atom. The fourth-order valence-corrected chi connectivity index (χ4v) is 3.91. The van der Waals surface area contributed by atoms with Crippen LogP contribution in [0.2, 0.25) is 5.02 Å². The molecule has 1 aliphatic rings. The quantitative estimate of drug-likeness (QED) is 0.438. The van der Waals surface area contributed by atoms with Crippen molar-refractivity contribution in [3.05, 3.63) is 83.1 Å². The molecule has 9 nitrogen and oxygen atoms in total. The number of carbonyl (C=O) groups is 2. The molecule has 4 rings (SSSR count). The summed E-state index contributed by atoms with van der Waals surface area (Å²) in [6, 6.07) is 18.2. The Hall–Kier alpha value is -3.69. The van der Waals surface area contributed by atoms with E-state index >= 15 is 0 Å². The van der Waals surface area contributed by atoms with Crippen LogP contribution in [0, 0.1) is 0 Å². The topological polar surface area (TPSA) is 116 Å². The van der Waals surface area contributed by atoms with Gasteiger partial charge in [0.05, 0.1) is 6.61 Å². The van der Waals surface area contributed by atoms with Crippen molar-refractivity contribution in [1.29, 1.82) is 0 Å². The molecule has 0 radical (unpaired) electrons. The number of halogens is 1. The average molecular weight is 513 g/mol. The Balaban J connectivity index is 0.000000538. The zero-order valence-electron chi connectivity index (χ0n) is 19.8. The van der Waals surface area contributed by atoms with E-state index in [4.69, 9.17) is 36.1 Å². The summed E-state index contributed by atoms with van der Waals surface area (Å²) in [5.74, 6) is -1.89. The second-order valence-corrected chi connectivity index (χ2v) is 8.51. The molecule has 1 saturated heterocycles. The summed E-state index contributed by atoms with van der Waals surface area (Å²) in [7, 11) is 0. The van der Waals surface area contributed by atoms with Crippen molar-refractivity contribution in [3.8, 4) is 5.75 Å². The summed E-state index contributed by atoms with van der Waals surface area (Å²) in [5.41, 5.74) is 2.46. The molecule has 0 aliphatic carbocycles. The number of piperazine rings is 1. The lowest BCUT2D eigenvalue weighted by Gasteiger charge is -2.34. The van der Waals surface area contributed by atoms with E-state index in [1.807, 2.05) is 30.3 Å². The Labute approximate surface area is 214 Å². The van der Waals surface area contributed by atoms with Crippen molar-refractivity contribution in [2.75, 3.05) is 44.2 Å². The van der Waals surface area contributed by atoms with Gasteiger partial charge in [0, 0.05) is 56.6 Å². The van der Waals surface area contributed by atoms with Gasteiger partial charge in [-0.1, -0.05) is 41.9 Å². The molecule has 2 heterocycles. The Morgan fingerprint density at radius 2 is 1.56 bits per heavy atom. The van der Waals surface area contributed by atoms with Crippen LogP contribution in [0.1, 0.15) is 11.1 Å². The highest BCUT2D eigenvalue weighted by molar-refractivity contribution is 6.30. The summed E-state index contributed by atoms with van der Waals surface area (Å²) >= 11 is 6.27. The predicted octanol–water partition coefficient (Wildman–Crippen LogP) is 3.27. The lowest BCUT2D eigenvalue weighted by molar-refractivity contribution is -0.159. The fraction of sp³-hybridized carbons (Fsp3) is 0.308. The highest BCUT2D eigenvalue weighted by atomic mass is 35.5. The van der Waals surface area contributed by atoms with Gasteiger partial charge in [-0.3, -0.25) is 4.90 Å².